The lowest BCUT2D eigenvalue weighted by molar-refractivity contribution is -0.126. The Morgan fingerprint density at radius 2 is 2.12 bits per heavy atom. The van der Waals surface area contributed by atoms with E-state index in [0.717, 1.165) is 6.42 Å². The second kappa shape index (κ2) is 6.98. The van der Waals surface area contributed by atoms with Gasteiger partial charge >= 0.3 is 0 Å². The molecule has 0 saturated carbocycles. The number of benzene rings is 1. The lowest BCUT2D eigenvalue weighted by Crippen LogP contribution is -2.38. The maximum absolute atomic E-state index is 12.4. The molecular weight excluding hydrogens is 419 g/mol. The first-order valence-electron chi connectivity index (χ1n) is 8.19. The Labute approximate surface area is 165 Å². The Hall–Kier alpha value is -0.800. The molecule has 3 saturated heterocycles. The third kappa shape index (κ3) is 3.49. The molecule has 0 unspecified atom stereocenters. The van der Waals surface area contributed by atoms with E-state index in [4.69, 9.17) is 27.9 Å². The van der Waals surface area contributed by atoms with Gasteiger partial charge in [0.2, 0.25) is 0 Å². The maximum Gasteiger partial charge on any atom is 0.277 e. The van der Waals surface area contributed by atoms with Crippen molar-refractivity contribution in [1.29, 1.82) is 0 Å². The summed E-state index contributed by atoms with van der Waals surface area (Å²) >= 11 is 13.8. The number of ether oxygens (including phenoxy) is 1. The van der Waals surface area contributed by atoms with Gasteiger partial charge in [-0.1, -0.05) is 35.0 Å². The van der Waals surface area contributed by atoms with Gasteiger partial charge in [-0.2, -0.15) is 4.99 Å². The number of carbonyl (C=O) groups is 1. The Kier molecular flexibility index (Phi) is 4.98. The van der Waals surface area contributed by atoms with Crippen molar-refractivity contribution in [2.45, 2.75) is 30.2 Å². The van der Waals surface area contributed by atoms with Crippen LogP contribution in [0.2, 0.25) is 10.0 Å². The van der Waals surface area contributed by atoms with E-state index in [2.05, 4.69) is 4.99 Å². The fourth-order valence-corrected chi connectivity index (χ4v) is 7.74. The van der Waals surface area contributed by atoms with Crippen molar-refractivity contribution in [2.24, 2.45) is 4.99 Å². The number of sulfone groups is 1. The molecule has 0 N–H and O–H groups in total. The smallest absolute Gasteiger partial charge is 0.277 e. The van der Waals surface area contributed by atoms with Crippen LogP contribution in [0, 0.1) is 0 Å². The highest BCUT2D eigenvalue weighted by Crippen LogP contribution is 2.43. The molecule has 4 rings (SSSR count). The number of amides is 1. The maximum atomic E-state index is 12.4. The topological polar surface area (TPSA) is 76.0 Å². The highest BCUT2D eigenvalue weighted by atomic mass is 35.5. The van der Waals surface area contributed by atoms with Crippen molar-refractivity contribution in [3.63, 3.8) is 0 Å². The molecule has 3 aliphatic heterocycles. The van der Waals surface area contributed by atoms with E-state index in [1.54, 1.807) is 23.1 Å². The molecule has 1 aromatic carbocycles. The van der Waals surface area contributed by atoms with Gasteiger partial charge in [-0.05, 0) is 31.0 Å². The van der Waals surface area contributed by atoms with Gasteiger partial charge in [-0.25, -0.2) is 8.42 Å². The zero-order valence-corrected chi connectivity index (χ0v) is 16.7. The molecule has 3 atom stereocenters. The second-order valence-electron chi connectivity index (χ2n) is 6.50. The number of thioether (sulfide) groups is 1. The van der Waals surface area contributed by atoms with Crippen LogP contribution in [-0.4, -0.2) is 55.0 Å². The van der Waals surface area contributed by atoms with E-state index in [0.29, 0.717) is 33.9 Å². The molecule has 0 spiro atoms. The molecule has 0 aromatic heterocycles. The standard InChI is InChI=1S/C16H16Cl2N2O4S2/c17-9-3-4-10(18)11(6-9)20-12-7-26(22,23)8-14(12)25-16(20)19-15(21)13-2-1-5-24-13/h3-4,6,12-14H,1-2,5,7-8H2/t12-,13+,14+/m0/s1. The monoisotopic (exact) mass is 434 g/mol. The summed E-state index contributed by atoms with van der Waals surface area (Å²) in [5.41, 5.74) is 0.565. The van der Waals surface area contributed by atoms with Crippen LogP contribution in [-0.2, 0) is 19.4 Å². The third-order valence-corrected chi connectivity index (χ3v) is 8.41. The highest BCUT2D eigenvalue weighted by molar-refractivity contribution is 8.16. The SMILES string of the molecule is O=C(N=C1S[C@@H]2CS(=O)(=O)C[C@@H]2N1c1cc(Cl)ccc1Cl)[C@H]1CCCO1. The Morgan fingerprint density at radius 1 is 1.31 bits per heavy atom. The summed E-state index contributed by atoms with van der Waals surface area (Å²) in [4.78, 5) is 18.5. The molecule has 10 heteroatoms. The number of fused-ring (bicyclic) bond motifs is 1. The van der Waals surface area contributed by atoms with Crippen molar-refractivity contribution in [1.82, 2.24) is 0 Å². The number of halogens is 2. The lowest BCUT2D eigenvalue weighted by atomic mass is 10.2. The molecule has 0 bridgehead atoms. The summed E-state index contributed by atoms with van der Waals surface area (Å²) in [6, 6.07) is 4.66. The lowest BCUT2D eigenvalue weighted by Gasteiger charge is -2.25. The van der Waals surface area contributed by atoms with Gasteiger partial charge in [-0.15, -0.1) is 0 Å². The number of hydrogen-bond acceptors (Lipinski definition) is 5. The van der Waals surface area contributed by atoms with Gasteiger partial charge in [-0.3, -0.25) is 4.79 Å². The van der Waals surface area contributed by atoms with Crippen LogP contribution in [0.15, 0.2) is 23.2 Å². The molecule has 3 fully saturated rings. The van der Waals surface area contributed by atoms with Gasteiger partial charge in [0, 0.05) is 16.9 Å². The number of carbonyl (C=O) groups excluding carboxylic acids is 1. The largest absolute Gasteiger partial charge is 0.368 e. The molecule has 0 aliphatic carbocycles. The zero-order chi connectivity index (χ0) is 18.5. The summed E-state index contributed by atoms with van der Waals surface area (Å²) in [7, 11) is -3.14. The van der Waals surface area contributed by atoms with Crippen LogP contribution in [0.1, 0.15) is 12.8 Å². The predicted octanol–water partition coefficient (Wildman–Crippen LogP) is 2.77. The average molecular weight is 435 g/mol. The summed E-state index contributed by atoms with van der Waals surface area (Å²) in [5, 5.41) is 1.17. The fraction of sp³-hybridized carbons (Fsp3) is 0.500. The van der Waals surface area contributed by atoms with Crippen molar-refractivity contribution in [3.05, 3.63) is 28.2 Å². The normalized spacial score (nSPS) is 31.5. The molecule has 3 heterocycles. The van der Waals surface area contributed by atoms with E-state index in [1.165, 1.54) is 11.8 Å². The Balaban J connectivity index is 1.73. The highest BCUT2D eigenvalue weighted by Gasteiger charge is 2.50. The molecule has 6 nitrogen and oxygen atoms in total. The molecule has 1 amide bonds. The number of hydrogen-bond donors (Lipinski definition) is 0. The van der Waals surface area contributed by atoms with Crippen molar-refractivity contribution < 1.29 is 17.9 Å². The number of amidine groups is 1. The average Bonchev–Trinajstić information content (AvgIpc) is 3.25. The van der Waals surface area contributed by atoms with E-state index >= 15 is 0 Å². The molecule has 3 aliphatic rings. The minimum Gasteiger partial charge on any atom is -0.368 e. The number of rotatable bonds is 2. The van der Waals surface area contributed by atoms with Crippen LogP contribution in [0.5, 0.6) is 0 Å². The molecule has 1 aromatic rings. The summed E-state index contributed by atoms with van der Waals surface area (Å²) in [5.74, 6) is -0.277. The molecular formula is C16H16Cl2N2O4S2. The van der Waals surface area contributed by atoms with Crippen LogP contribution >= 0.6 is 35.0 Å². The van der Waals surface area contributed by atoms with Gasteiger partial charge < -0.3 is 9.64 Å². The first-order chi connectivity index (χ1) is 12.3. The third-order valence-electron chi connectivity index (χ3n) is 4.65. The summed E-state index contributed by atoms with van der Waals surface area (Å²) in [6.45, 7) is 0.557. The van der Waals surface area contributed by atoms with Crippen LogP contribution in [0.25, 0.3) is 0 Å². The minimum absolute atomic E-state index is 0.000643. The molecule has 0 radical (unpaired) electrons. The van der Waals surface area contributed by atoms with Crippen LogP contribution in [0.3, 0.4) is 0 Å². The van der Waals surface area contributed by atoms with Gasteiger partial charge in [0.25, 0.3) is 5.91 Å². The summed E-state index contributed by atoms with van der Waals surface area (Å²) < 4.78 is 29.6. The van der Waals surface area contributed by atoms with E-state index < -0.39 is 15.9 Å². The fourth-order valence-electron chi connectivity index (χ4n) is 3.46. The van der Waals surface area contributed by atoms with Crippen LogP contribution < -0.4 is 4.90 Å². The molecule has 140 valence electrons. The van der Waals surface area contributed by atoms with E-state index in [9.17, 15) is 13.2 Å². The predicted molar refractivity (Wildman–Crippen MR) is 104 cm³/mol. The molecule has 26 heavy (non-hydrogen) atoms. The van der Waals surface area contributed by atoms with Crippen molar-refractivity contribution >= 4 is 61.6 Å². The Morgan fingerprint density at radius 3 is 2.85 bits per heavy atom. The number of aliphatic imine (C=N–C) groups is 1. The second-order valence-corrected chi connectivity index (χ2v) is 10.7. The van der Waals surface area contributed by atoms with Crippen molar-refractivity contribution in [2.75, 3.05) is 23.0 Å². The quantitative estimate of drug-likeness (QED) is 0.711. The van der Waals surface area contributed by atoms with Crippen LogP contribution in [0.4, 0.5) is 5.69 Å². The summed E-state index contributed by atoms with van der Waals surface area (Å²) in [6.07, 6.45) is 0.963. The zero-order valence-electron chi connectivity index (χ0n) is 13.6. The van der Waals surface area contributed by atoms with E-state index in [1.807, 2.05) is 0 Å². The van der Waals surface area contributed by atoms with Gasteiger partial charge in [0.05, 0.1) is 28.3 Å². The minimum atomic E-state index is -3.14. The number of nitrogens with zero attached hydrogens (tertiary/aromatic N) is 2. The van der Waals surface area contributed by atoms with Gasteiger partial charge in [0.15, 0.2) is 15.0 Å². The van der Waals surface area contributed by atoms with E-state index in [-0.39, 0.29) is 28.7 Å². The van der Waals surface area contributed by atoms with Crippen molar-refractivity contribution in [3.8, 4) is 0 Å². The first-order valence-corrected chi connectivity index (χ1v) is 11.7. The van der Waals surface area contributed by atoms with Gasteiger partial charge in [0.1, 0.15) is 6.10 Å². The number of anilines is 1. The Bertz CT molecular complexity index is 884. The first kappa shape index (κ1) is 18.6.